The van der Waals surface area contributed by atoms with Crippen molar-refractivity contribution in [1.29, 1.82) is 0 Å². The smallest absolute Gasteiger partial charge is 0.318 e. The van der Waals surface area contributed by atoms with Crippen LogP contribution in [0.5, 0.6) is 5.75 Å². The highest BCUT2D eigenvalue weighted by Crippen LogP contribution is 2.32. The quantitative estimate of drug-likeness (QED) is 0.602. The van der Waals surface area contributed by atoms with Crippen LogP contribution in [0.3, 0.4) is 0 Å². The minimum atomic E-state index is -0.407. The molecule has 114 valence electrons. The topological polar surface area (TPSA) is 55.6 Å². The summed E-state index contributed by atoms with van der Waals surface area (Å²) in [6.45, 7) is 0.294. The number of nitrogens with zero attached hydrogens (tertiary/aromatic N) is 2. The molecule has 0 aliphatic heterocycles. The van der Waals surface area contributed by atoms with Crippen LogP contribution in [0.2, 0.25) is 0 Å². The molecule has 0 N–H and O–H groups in total. The fourth-order valence-corrected chi connectivity index (χ4v) is 1.95. The zero-order valence-corrected chi connectivity index (χ0v) is 12.6. The van der Waals surface area contributed by atoms with E-state index in [1.807, 2.05) is 49.3 Å². The molecule has 0 bridgehead atoms. The Labute approximate surface area is 129 Å². The van der Waals surface area contributed by atoms with Gasteiger partial charge < -0.3 is 9.64 Å². The first-order valence-electron chi connectivity index (χ1n) is 6.86. The van der Waals surface area contributed by atoms with E-state index in [-0.39, 0.29) is 11.4 Å². The maximum Gasteiger partial charge on any atom is 0.318 e. The minimum Gasteiger partial charge on any atom is -0.482 e. The highest BCUT2D eigenvalue weighted by atomic mass is 16.6. The largest absolute Gasteiger partial charge is 0.482 e. The lowest BCUT2D eigenvalue weighted by Gasteiger charge is -2.09. The van der Waals surface area contributed by atoms with Crippen molar-refractivity contribution >= 4 is 11.8 Å². The van der Waals surface area contributed by atoms with Crippen LogP contribution >= 0.6 is 0 Å². The second-order valence-corrected chi connectivity index (χ2v) is 5.00. The van der Waals surface area contributed by atoms with Crippen molar-refractivity contribution in [2.24, 2.45) is 0 Å². The summed E-state index contributed by atoms with van der Waals surface area (Å²) in [5, 5.41) is 11.4. The summed E-state index contributed by atoms with van der Waals surface area (Å²) in [5.74, 6) is 0.273. The number of nitro benzene ring substituents is 1. The minimum absolute atomic E-state index is 0.0171. The van der Waals surface area contributed by atoms with Gasteiger partial charge in [0.1, 0.15) is 6.61 Å². The molecule has 2 aromatic rings. The van der Waals surface area contributed by atoms with Crippen LogP contribution in [0.25, 0.3) is 6.08 Å². The maximum atomic E-state index is 11.4. The van der Waals surface area contributed by atoms with Crippen molar-refractivity contribution in [3.63, 3.8) is 0 Å². The molecule has 5 nitrogen and oxygen atoms in total. The number of para-hydroxylation sites is 1. The lowest BCUT2D eigenvalue weighted by Crippen LogP contribution is -2.02. The third-order valence-corrected chi connectivity index (χ3v) is 3.00. The second-order valence-electron chi connectivity index (χ2n) is 5.00. The van der Waals surface area contributed by atoms with Crippen molar-refractivity contribution in [3.8, 4) is 5.75 Å². The number of nitro groups is 1. The summed E-state index contributed by atoms with van der Waals surface area (Å²) >= 11 is 0. The van der Waals surface area contributed by atoms with Gasteiger partial charge in [-0.3, -0.25) is 10.1 Å². The molecular formula is C17H18N2O3. The van der Waals surface area contributed by atoms with E-state index in [1.165, 1.54) is 0 Å². The molecule has 5 heteroatoms. The average Bonchev–Trinajstić information content (AvgIpc) is 2.51. The molecule has 2 aromatic carbocycles. The number of hydrogen-bond donors (Lipinski definition) is 0. The lowest BCUT2D eigenvalue weighted by atomic mass is 10.1. The highest BCUT2D eigenvalue weighted by Gasteiger charge is 2.19. The monoisotopic (exact) mass is 298 g/mol. The molecule has 0 heterocycles. The Hall–Kier alpha value is -2.82. The molecule has 0 radical (unpaired) electrons. The molecule has 0 fully saturated rings. The van der Waals surface area contributed by atoms with Crippen LogP contribution in [-0.2, 0) is 6.61 Å². The molecule has 2 rings (SSSR count). The van der Waals surface area contributed by atoms with E-state index in [1.54, 1.807) is 30.5 Å². The van der Waals surface area contributed by atoms with Gasteiger partial charge in [-0.05, 0) is 30.0 Å². The summed E-state index contributed by atoms with van der Waals surface area (Å²) in [6.07, 6.45) is 3.47. The van der Waals surface area contributed by atoms with Gasteiger partial charge in [0.05, 0.1) is 10.5 Å². The summed E-state index contributed by atoms with van der Waals surface area (Å²) in [4.78, 5) is 12.8. The molecule has 0 spiro atoms. The molecule has 0 aliphatic rings. The van der Waals surface area contributed by atoms with Gasteiger partial charge in [0.15, 0.2) is 5.75 Å². The summed E-state index contributed by atoms with van der Waals surface area (Å²) < 4.78 is 5.64. The van der Waals surface area contributed by atoms with Crippen LogP contribution in [0.15, 0.2) is 54.7 Å². The van der Waals surface area contributed by atoms with Crippen molar-refractivity contribution in [1.82, 2.24) is 4.90 Å². The zero-order chi connectivity index (χ0) is 15.9. The van der Waals surface area contributed by atoms with E-state index in [0.29, 0.717) is 12.2 Å². The Balaban J connectivity index is 2.27. The van der Waals surface area contributed by atoms with Gasteiger partial charge in [-0.1, -0.05) is 36.4 Å². The summed E-state index contributed by atoms with van der Waals surface area (Å²) in [5.41, 5.74) is 1.46. The van der Waals surface area contributed by atoms with E-state index in [4.69, 9.17) is 4.74 Å². The Morgan fingerprint density at radius 2 is 1.86 bits per heavy atom. The van der Waals surface area contributed by atoms with Gasteiger partial charge in [-0.25, -0.2) is 0 Å². The van der Waals surface area contributed by atoms with Gasteiger partial charge in [-0.15, -0.1) is 0 Å². The van der Waals surface area contributed by atoms with Crippen LogP contribution < -0.4 is 4.74 Å². The Kier molecular flexibility index (Phi) is 5.14. The van der Waals surface area contributed by atoms with Gasteiger partial charge in [0.2, 0.25) is 0 Å². The molecule has 0 atom stereocenters. The van der Waals surface area contributed by atoms with Crippen molar-refractivity contribution < 1.29 is 9.66 Å². The van der Waals surface area contributed by atoms with Crippen molar-refractivity contribution in [3.05, 3.63) is 76.0 Å². The molecule has 0 amide bonds. The number of rotatable bonds is 6. The summed E-state index contributed by atoms with van der Waals surface area (Å²) in [7, 11) is 3.72. The highest BCUT2D eigenvalue weighted by molar-refractivity contribution is 5.66. The Morgan fingerprint density at radius 1 is 1.14 bits per heavy atom. The molecule has 0 saturated heterocycles. The number of benzene rings is 2. The van der Waals surface area contributed by atoms with E-state index >= 15 is 0 Å². The van der Waals surface area contributed by atoms with Crippen molar-refractivity contribution in [2.45, 2.75) is 6.61 Å². The molecule has 0 saturated carbocycles. The van der Waals surface area contributed by atoms with E-state index < -0.39 is 4.92 Å². The molecular weight excluding hydrogens is 280 g/mol. The van der Waals surface area contributed by atoms with E-state index in [9.17, 15) is 10.1 Å². The first-order chi connectivity index (χ1) is 10.6. The predicted octanol–water partition coefficient (Wildman–Crippen LogP) is 3.71. The zero-order valence-electron chi connectivity index (χ0n) is 12.6. The molecule has 0 aliphatic carbocycles. The van der Waals surface area contributed by atoms with E-state index in [0.717, 1.165) is 5.56 Å². The van der Waals surface area contributed by atoms with Crippen molar-refractivity contribution in [2.75, 3.05) is 14.1 Å². The third-order valence-electron chi connectivity index (χ3n) is 3.00. The Morgan fingerprint density at radius 3 is 2.50 bits per heavy atom. The standard InChI is InChI=1S/C17H18N2O3/c1-18(2)12-11-15-9-6-10-16(17(15)19(20)21)22-13-14-7-4-3-5-8-14/h3-12H,13H2,1-2H3. The number of hydrogen-bond acceptors (Lipinski definition) is 4. The maximum absolute atomic E-state index is 11.4. The second kappa shape index (κ2) is 7.26. The lowest BCUT2D eigenvalue weighted by molar-refractivity contribution is -0.386. The Bertz CT molecular complexity index is 667. The van der Waals surface area contributed by atoms with Gasteiger partial charge in [0, 0.05) is 14.1 Å². The van der Waals surface area contributed by atoms with Crippen LogP contribution in [-0.4, -0.2) is 23.9 Å². The molecule has 0 unspecified atom stereocenters. The molecule has 22 heavy (non-hydrogen) atoms. The fraction of sp³-hybridized carbons (Fsp3) is 0.176. The van der Waals surface area contributed by atoms with Gasteiger partial charge in [-0.2, -0.15) is 0 Å². The van der Waals surface area contributed by atoms with Crippen LogP contribution in [0.1, 0.15) is 11.1 Å². The van der Waals surface area contributed by atoms with Gasteiger partial charge >= 0.3 is 5.69 Å². The average molecular weight is 298 g/mol. The fourth-order valence-electron chi connectivity index (χ4n) is 1.95. The molecule has 0 aromatic heterocycles. The normalized spacial score (nSPS) is 10.6. The summed E-state index contributed by atoms with van der Waals surface area (Å²) in [6, 6.07) is 14.6. The number of ether oxygens (including phenoxy) is 1. The van der Waals surface area contributed by atoms with Crippen LogP contribution in [0, 0.1) is 10.1 Å². The van der Waals surface area contributed by atoms with E-state index in [2.05, 4.69) is 0 Å². The first-order valence-corrected chi connectivity index (χ1v) is 6.86. The predicted molar refractivity (Wildman–Crippen MR) is 86.6 cm³/mol. The van der Waals surface area contributed by atoms with Gasteiger partial charge in [0.25, 0.3) is 0 Å². The SMILES string of the molecule is CN(C)C=Cc1cccc(OCc2ccccc2)c1[N+](=O)[O-]. The third kappa shape index (κ3) is 4.09. The van der Waals surface area contributed by atoms with Crippen LogP contribution in [0.4, 0.5) is 5.69 Å². The first kappa shape index (κ1) is 15.6.